The molecule has 24 heavy (non-hydrogen) atoms. The van der Waals surface area contributed by atoms with Gasteiger partial charge in [0.2, 0.25) is 0 Å². The predicted molar refractivity (Wildman–Crippen MR) is 90.9 cm³/mol. The van der Waals surface area contributed by atoms with E-state index in [0.717, 1.165) is 17.7 Å². The highest BCUT2D eigenvalue weighted by atomic mass is 16.6. The van der Waals surface area contributed by atoms with Crippen LogP contribution in [0, 0.1) is 10.1 Å². The van der Waals surface area contributed by atoms with Gasteiger partial charge in [0.25, 0.3) is 5.69 Å². The van der Waals surface area contributed by atoms with Crippen LogP contribution in [0.15, 0.2) is 67.3 Å². The van der Waals surface area contributed by atoms with E-state index in [4.69, 9.17) is 0 Å². The molecule has 0 saturated carbocycles. The maximum absolute atomic E-state index is 11.1. The topological polar surface area (TPSA) is 73.0 Å². The maximum atomic E-state index is 11.1. The van der Waals surface area contributed by atoms with Crippen molar-refractivity contribution >= 4 is 11.4 Å². The number of imidazole rings is 1. The Labute approximate surface area is 138 Å². The van der Waals surface area contributed by atoms with Crippen molar-refractivity contribution in [3.63, 3.8) is 0 Å². The first-order valence-corrected chi connectivity index (χ1v) is 7.79. The minimum Gasteiger partial charge on any atom is -0.378 e. The highest BCUT2D eigenvalue weighted by Crippen LogP contribution is 2.41. The Kier molecular flexibility index (Phi) is 3.49. The second-order valence-electron chi connectivity index (χ2n) is 5.90. The normalized spacial score (nSPS) is 19.3. The van der Waals surface area contributed by atoms with Crippen molar-refractivity contribution in [3.8, 4) is 0 Å². The average Bonchev–Trinajstić information content (AvgIpc) is 3.15. The fraction of sp³-hybridized carbons (Fsp3) is 0.167. The molecule has 1 aromatic heterocycles. The molecular weight excluding hydrogens is 304 g/mol. The lowest BCUT2D eigenvalue weighted by Crippen LogP contribution is -2.25. The van der Waals surface area contributed by atoms with E-state index < -0.39 is 0 Å². The summed E-state index contributed by atoms with van der Waals surface area (Å²) in [4.78, 5) is 14.9. The second-order valence-corrected chi connectivity index (χ2v) is 5.90. The Morgan fingerprint density at radius 2 is 2.08 bits per heavy atom. The number of para-hydroxylation sites is 1. The number of non-ortho nitro benzene ring substituents is 1. The molecule has 2 unspecified atom stereocenters. The van der Waals surface area contributed by atoms with Crippen LogP contribution in [-0.4, -0.2) is 14.5 Å². The summed E-state index contributed by atoms with van der Waals surface area (Å²) < 4.78 is 2.09. The van der Waals surface area contributed by atoms with E-state index in [9.17, 15) is 10.1 Å². The fourth-order valence-electron chi connectivity index (χ4n) is 3.33. The molecule has 4 rings (SSSR count). The van der Waals surface area contributed by atoms with Gasteiger partial charge in [-0.3, -0.25) is 10.1 Å². The number of hydrogen-bond acceptors (Lipinski definition) is 4. The van der Waals surface area contributed by atoms with Crippen LogP contribution in [0.3, 0.4) is 0 Å². The molecule has 6 nitrogen and oxygen atoms in total. The van der Waals surface area contributed by atoms with E-state index in [1.165, 1.54) is 11.6 Å². The minimum absolute atomic E-state index is 0.00667. The maximum Gasteiger partial charge on any atom is 0.269 e. The molecule has 0 fully saturated rings. The quantitative estimate of drug-likeness (QED) is 0.586. The largest absolute Gasteiger partial charge is 0.378 e. The van der Waals surface area contributed by atoms with E-state index >= 15 is 0 Å². The first kappa shape index (κ1) is 14.4. The lowest BCUT2D eigenvalue weighted by molar-refractivity contribution is -0.384. The van der Waals surface area contributed by atoms with Crippen molar-refractivity contribution in [2.24, 2.45) is 0 Å². The summed E-state index contributed by atoms with van der Waals surface area (Å²) in [7, 11) is 0. The van der Waals surface area contributed by atoms with Crippen molar-refractivity contribution in [1.29, 1.82) is 0 Å². The monoisotopic (exact) mass is 320 g/mol. The molecular formula is C18H16N4O2. The summed E-state index contributed by atoms with van der Waals surface area (Å²) in [5.41, 5.74) is 3.30. The molecule has 0 spiro atoms. The van der Waals surface area contributed by atoms with E-state index in [-0.39, 0.29) is 22.7 Å². The number of nitrogens with one attached hydrogen (secondary N) is 1. The van der Waals surface area contributed by atoms with Crippen LogP contribution < -0.4 is 5.32 Å². The first-order valence-electron chi connectivity index (χ1n) is 7.79. The Hall–Kier alpha value is -3.15. The lowest BCUT2D eigenvalue weighted by Gasteiger charge is -2.34. The van der Waals surface area contributed by atoms with Gasteiger partial charge in [-0.15, -0.1) is 0 Å². The summed E-state index contributed by atoms with van der Waals surface area (Å²) in [5, 5.41) is 14.6. The van der Waals surface area contributed by atoms with Crippen LogP contribution in [0.2, 0.25) is 0 Å². The number of anilines is 1. The standard InChI is InChI=1S/C18H16N4O2/c23-22(24)14-5-3-4-13(10-14)17-11-18(21-9-8-19-12-21)15-6-1-2-7-16(15)20-17/h1-10,12,17-18,20H,11H2. The highest BCUT2D eigenvalue weighted by Gasteiger charge is 2.28. The Bertz CT molecular complexity index is 876. The molecule has 0 radical (unpaired) electrons. The van der Waals surface area contributed by atoms with Gasteiger partial charge in [-0.25, -0.2) is 4.98 Å². The van der Waals surface area contributed by atoms with Crippen LogP contribution in [0.4, 0.5) is 11.4 Å². The fourth-order valence-corrected chi connectivity index (χ4v) is 3.33. The molecule has 2 atom stereocenters. The lowest BCUT2D eigenvalue weighted by atomic mass is 9.89. The number of benzene rings is 2. The van der Waals surface area contributed by atoms with Crippen LogP contribution in [-0.2, 0) is 0 Å². The van der Waals surface area contributed by atoms with Crippen molar-refractivity contribution < 1.29 is 4.92 Å². The molecule has 120 valence electrons. The van der Waals surface area contributed by atoms with Gasteiger partial charge in [0.05, 0.1) is 23.3 Å². The highest BCUT2D eigenvalue weighted by molar-refractivity contribution is 5.57. The first-order chi connectivity index (χ1) is 11.7. The summed E-state index contributed by atoms with van der Waals surface area (Å²) in [6.45, 7) is 0. The molecule has 1 N–H and O–H groups in total. The predicted octanol–water partition coefficient (Wildman–Crippen LogP) is 3.94. The second kappa shape index (κ2) is 5.81. The summed E-state index contributed by atoms with van der Waals surface area (Å²) in [6, 6.07) is 15.2. The van der Waals surface area contributed by atoms with Gasteiger partial charge < -0.3 is 9.88 Å². The van der Waals surface area contributed by atoms with Gasteiger partial charge in [0.15, 0.2) is 0 Å². The minimum atomic E-state index is -0.354. The molecule has 0 saturated heterocycles. The number of nitro benzene ring substituents is 1. The molecule has 1 aliphatic rings. The molecule has 1 aliphatic heterocycles. The molecule has 2 aromatic carbocycles. The van der Waals surface area contributed by atoms with Gasteiger partial charge in [0.1, 0.15) is 0 Å². The average molecular weight is 320 g/mol. The van der Waals surface area contributed by atoms with Crippen molar-refractivity contribution in [1.82, 2.24) is 9.55 Å². The molecule has 0 amide bonds. The zero-order valence-electron chi connectivity index (χ0n) is 12.9. The molecule has 3 aromatic rings. The third-order valence-corrected chi connectivity index (χ3v) is 4.48. The summed E-state index contributed by atoms with van der Waals surface area (Å²) in [6.07, 6.45) is 6.34. The van der Waals surface area contributed by atoms with E-state index in [1.807, 2.05) is 36.8 Å². The van der Waals surface area contributed by atoms with Crippen LogP contribution in [0.5, 0.6) is 0 Å². The van der Waals surface area contributed by atoms with E-state index in [1.54, 1.807) is 18.3 Å². The third-order valence-electron chi connectivity index (χ3n) is 4.48. The van der Waals surface area contributed by atoms with Crippen LogP contribution in [0.1, 0.15) is 29.6 Å². The van der Waals surface area contributed by atoms with Gasteiger partial charge in [-0.1, -0.05) is 30.3 Å². The van der Waals surface area contributed by atoms with Crippen LogP contribution in [0.25, 0.3) is 0 Å². The van der Waals surface area contributed by atoms with Gasteiger partial charge >= 0.3 is 0 Å². The zero-order chi connectivity index (χ0) is 16.5. The van der Waals surface area contributed by atoms with Crippen molar-refractivity contribution in [2.45, 2.75) is 18.5 Å². The number of hydrogen-bond donors (Lipinski definition) is 1. The zero-order valence-corrected chi connectivity index (χ0v) is 12.9. The van der Waals surface area contributed by atoms with E-state index in [2.05, 4.69) is 20.9 Å². The number of fused-ring (bicyclic) bond motifs is 1. The Balaban J connectivity index is 1.74. The Morgan fingerprint density at radius 3 is 2.88 bits per heavy atom. The Morgan fingerprint density at radius 1 is 1.21 bits per heavy atom. The number of nitrogens with zero attached hydrogens (tertiary/aromatic N) is 3. The number of nitro groups is 1. The SMILES string of the molecule is O=[N+]([O-])c1cccc(C2CC(n3ccnc3)c3ccccc3N2)c1. The molecule has 0 aliphatic carbocycles. The van der Waals surface area contributed by atoms with Gasteiger partial charge in [-0.05, 0) is 23.6 Å². The molecule has 2 heterocycles. The van der Waals surface area contributed by atoms with Gasteiger partial charge in [-0.2, -0.15) is 0 Å². The number of aromatic nitrogens is 2. The molecule has 6 heteroatoms. The van der Waals surface area contributed by atoms with Crippen molar-refractivity contribution in [2.75, 3.05) is 5.32 Å². The molecule has 0 bridgehead atoms. The van der Waals surface area contributed by atoms with Gasteiger partial charge in [0, 0.05) is 30.2 Å². The summed E-state index contributed by atoms with van der Waals surface area (Å²) >= 11 is 0. The van der Waals surface area contributed by atoms with Crippen molar-refractivity contribution in [3.05, 3.63) is 88.5 Å². The van der Waals surface area contributed by atoms with Crippen LogP contribution >= 0.6 is 0 Å². The smallest absolute Gasteiger partial charge is 0.269 e. The van der Waals surface area contributed by atoms with E-state index in [0.29, 0.717) is 0 Å². The third kappa shape index (κ3) is 2.52. The number of rotatable bonds is 3. The summed E-state index contributed by atoms with van der Waals surface area (Å²) in [5.74, 6) is 0.